The van der Waals surface area contributed by atoms with Gasteiger partial charge in [-0.2, -0.15) is 13.2 Å². The molecule has 1 rings (SSSR count). The van der Waals surface area contributed by atoms with Crippen molar-refractivity contribution < 1.29 is 45.9 Å². The Hall–Kier alpha value is -3.93. The van der Waals surface area contributed by atoms with Gasteiger partial charge in [-0.3, -0.25) is 15.0 Å². The van der Waals surface area contributed by atoms with Crippen molar-refractivity contribution in [3.8, 4) is 0 Å². The molecule has 0 spiro atoms. The number of halogens is 3. The number of nitrogens with one attached hydrogen (secondary N) is 4. The number of carboxylic acid groups (broad SMARTS) is 1. The number of nitrogens with two attached hydrogens (primary N) is 2. The van der Waals surface area contributed by atoms with Gasteiger partial charge < -0.3 is 32.1 Å². The smallest absolute Gasteiger partial charge is 0.475 e. The maximum absolute atomic E-state index is 13.1. The number of carboxylic acids is 1. The molecule has 0 fully saturated rings. The highest BCUT2D eigenvalue weighted by Gasteiger charge is 2.38. The molecule has 0 aromatic heterocycles. The Bertz CT molecular complexity index is 1200. The first-order chi connectivity index (χ1) is 19.2. The van der Waals surface area contributed by atoms with Gasteiger partial charge in [0.1, 0.15) is 17.9 Å². The summed E-state index contributed by atoms with van der Waals surface area (Å²) in [7, 11) is -2.32. The van der Waals surface area contributed by atoms with Crippen molar-refractivity contribution in [3.05, 3.63) is 35.4 Å². The number of aliphatic carboxylic acids is 1. The van der Waals surface area contributed by atoms with Gasteiger partial charge >= 0.3 is 18.2 Å². The molecule has 0 aliphatic carbocycles. The number of hydrogen-bond acceptors (Lipinski definition) is 7. The largest absolute Gasteiger partial charge is 0.490 e. The number of hydrogen-bond donors (Lipinski definition) is 7. The van der Waals surface area contributed by atoms with Crippen molar-refractivity contribution in [2.45, 2.75) is 58.4 Å². The number of alkyl halides is 3. The van der Waals surface area contributed by atoms with Gasteiger partial charge in [0.2, 0.25) is 21.8 Å². The van der Waals surface area contributed by atoms with E-state index in [9.17, 15) is 36.0 Å². The van der Waals surface area contributed by atoms with Gasteiger partial charge in [0.05, 0.1) is 12.3 Å². The third kappa shape index (κ3) is 14.1. The van der Waals surface area contributed by atoms with Crippen molar-refractivity contribution in [2.24, 2.45) is 17.4 Å². The Labute approximate surface area is 241 Å². The van der Waals surface area contributed by atoms with Gasteiger partial charge in [0.25, 0.3) is 0 Å². The van der Waals surface area contributed by atoms with E-state index in [0.717, 1.165) is 10.5 Å². The zero-order valence-electron chi connectivity index (χ0n) is 23.6. The summed E-state index contributed by atoms with van der Waals surface area (Å²) in [4.78, 5) is 47.5. The molecular formula is C24H38F3N7O7S. The van der Waals surface area contributed by atoms with Crippen molar-refractivity contribution in [3.63, 3.8) is 0 Å². The molecule has 0 aliphatic rings. The van der Waals surface area contributed by atoms with Crippen LogP contribution in [0.2, 0.25) is 0 Å². The predicted molar refractivity (Wildman–Crippen MR) is 148 cm³/mol. The van der Waals surface area contributed by atoms with E-state index < -0.39 is 52.1 Å². The maximum atomic E-state index is 13.1. The van der Waals surface area contributed by atoms with Crippen LogP contribution >= 0.6 is 0 Å². The molecule has 42 heavy (non-hydrogen) atoms. The first-order valence-electron chi connectivity index (χ1n) is 12.6. The zero-order chi connectivity index (χ0) is 32.8. The van der Waals surface area contributed by atoms with Gasteiger partial charge in [-0.15, -0.1) is 0 Å². The highest BCUT2D eigenvalue weighted by atomic mass is 32.2. The lowest BCUT2D eigenvalue weighted by molar-refractivity contribution is -0.192. The number of nitrogen functional groups attached to an aromatic ring is 1. The molecule has 1 aromatic rings. The number of nitrogens with zero attached hydrogens (tertiary/aromatic N) is 1. The Morgan fingerprint density at radius 2 is 1.60 bits per heavy atom. The molecule has 238 valence electrons. The third-order valence-electron chi connectivity index (χ3n) is 5.71. The number of benzene rings is 1. The molecule has 3 atom stereocenters. The molecule has 0 bridgehead atoms. The number of carbonyl (C=O) groups is 4. The summed E-state index contributed by atoms with van der Waals surface area (Å²) >= 11 is 0. The number of rotatable bonds is 14. The lowest BCUT2D eigenvalue weighted by atomic mass is 9.99. The normalized spacial score (nSPS) is 13.4. The lowest BCUT2D eigenvalue weighted by Crippen LogP contribution is -2.58. The van der Waals surface area contributed by atoms with Crippen molar-refractivity contribution in [1.29, 1.82) is 5.41 Å². The predicted octanol–water partition coefficient (Wildman–Crippen LogP) is 0.460. The van der Waals surface area contributed by atoms with Gasteiger partial charge in [0.15, 0.2) is 0 Å². The quantitative estimate of drug-likeness (QED) is 0.113. The summed E-state index contributed by atoms with van der Waals surface area (Å²) in [6, 6.07) is 3.61. The summed E-state index contributed by atoms with van der Waals surface area (Å²) in [6.07, 6.45) is -4.19. The fraction of sp³-hybridized carbons (Fsp3) is 0.542. The van der Waals surface area contributed by atoms with Crippen LogP contribution in [0.25, 0.3) is 0 Å². The number of amides is 4. The molecule has 0 heterocycles. The highest BCUT2D eigenvalue weighted by molar-refractivity contribution is 7.89. The van der Waals surface area contributed by atoms with Crippen LogP contribution in [0.3, 0.4) is 0 Å². The molecule has 0 saturated heterocycles. The van der Waals surface area contributed by atoms with E-state index in [-0.39, 0.29) is 30.6 Å². The van der Waals surface area contributed by atoms with E-state index >= 15 is 0 Å². The van der Waals surface area contributed by atoms with E-state index in [4.69, 9.17) is 26.8 Å². The fourth-order valence-corrected chi connectivity index (χ4v) is 4.50. The van der Waals surface area contributed by atoms with E-state index in [1.165, 1.54) is 7.05 Å². The van der Waals surface area contributed by atoms with Crippen molar-refractivity contribution >= 4 is 39.7 Å². The first kappa shape index (κ1) is 38.1. The summed E-state index contributed by atoms with van der Waals surface area (Å²) in [5.41, 5.74) is 12.0. The second kappa shape index (κ2) is 17.1. The Morgan fingerprint density at radius 3 is 2.00 bits per heavy atom. The van der Waals surface area contributed by atoms with Crippen LogP contribution in [0.15, 0.2) is 24.3 Å². The third-order valence-corrected chi connectivity index (χ3v) is 7.27. The molecule has 18 heteroatoms. The molecule has 0 radical (unpaired) electrons. The van der Waals surface area contributed by atoms with Gasteiger partial charge in [-0.25, -0.2) is 22.7 Å². The summed E-state index contributed by atoms with van der Waals surface area (Å²) in [5, 5.41) is 19.8. The van der Waals surface area contributed by atoms with Crippen LogP contribution in [0.4, 0.5) is 18.0 Å². The number of urea groups is 1. The number of likely N-dealkylation sites (N-methyl/N-ethyl adjacent to an activating group) is 1. The van der Waals surface area contributed by atoms with Gasteiger partial charge in [-0.05, 0) is 17.9 Å². The van der Waals surface area contributed by atoms with Crippen LogP contribution < -0.4 is 26.8 Å². The maximum Gasteiger partial charge on any atom is 0.490 e. The minimum Gasteiger partial charge on any atom is -0.475 e. The molecule has 0 aliphatic heterocycles. The van der Waals surface area contributed by atoms with Gasteiger partial charge in [0, 0.05) is 19.2 Å². The monoisotopic (exact) mass is 625 g/mol. The average molecular weight is 626 g/mol. The standard InChI is InChI=1S/C22H37N7O5S.C2HF3O2/c1-5-11-35(33,34)28-18(14(3)6-2)21(31)27-17(13-29(4)22(25)32)20(30)26-12-15-7-9-16(10-8-15)19(23)24;3-2(4,5)1(6)7/h7-10,14,17-18,28H,5-6,11-13H2,1-4H3,(H3,23,24)(H2,25,32)(H,26,30)(H,27,31);(H,6,7)/t14-,17+,18-;/m1./s1. The second-order valence-electron chi connectivity index (χ2n) is 9.21. The zero-order valence-corrected chi connectivity index (χ0v) is 24.4. The fourth-order valence-electron chi connectivity index (χ4n) is 3.12. The number of primary amides is 1. The van der Waals surface area contributed by atoms with E-state index in [1.54, 1.807) is 38.1 Å². The van der Waals surface area contributed by atoms with Crippen molar-refractivity contribution in [2.75, 3.05) is 19.3 Å². The first-order valence-corrected chi connectivity index (χ1v) is 14.2. The SMILES string of the molecule is CCCS(=O)(=O)N[C@@H](C(=O)N[C@@H](CN(C)C(N)=O)C(=O)NCc1ccc(C(=N)N)cc1)[C@H](C)CC.O=C(O)C(F)(F)F. The summed E-state index contributed by atoms with van der Waals surface area (Å²) < 4.78 is 58.8. The van der Waals surface area contributed by atoms with E-state index in [2.05, 4.69) is 15.4 Å². The van der Waals surface area contributed by atoms with E-state index in [1.807, 2.05) is 6.92 Å². The number of carbonyl (C=O) groups excluding carboxylic acids is 3. The molecule has 0 unspecified atom stereocenters. The van der Waals surface area contributed by atoms with E-state index in [0.29, 0.717) is 18.4 Å². The molecule has 9 N–H and O–H groups in total. The lowest BCUT2D eigenvalue weighted by Gasteiger charge is -2.28. The summed E-state index contributed by atoms with van der Waals surface area (Å²) in [5.74, 6) is -4.58. The number of sulfonamides is 1. The Balaban J connectivity index is 0.00000212. The van der Waals surface area contributed by atoms with Crippen LogP contribution in [-0.4, -0.2) is 85.7 Å². The molecule has 4 amide bonds. The van der Waals surface area contributed by atoms with Crippen molar-refractivity contribution in [1.82, 2.24) is 20.3 Å². The Morgan fingerprint density at radius 1 is 1.07 bits per heavy atom. The molecular weight excluding hydrogens is 587 g/mol. The molecule has 14 nitrogen and oxygen atoms in total. The van der Waals surface area contributed by atoms with Gasteiger partial charge in [-0.1, -0.05) is 51.5 Å². The Kier molecular flexibility index (Phi) is 15.5. The summed E-state index contributed by atoms with van der Waals surface area (Å²) in [6.45, 7) is 5.16. The molecule has 1 aromatic carbocycles. The van der Waals surface area contributed by atoms with Crippen LogP contribution in [0.5, 0.6) is 0 Å². The minimum absolute atomic E-state index is 0.0803. The second-order valence-corrected chi connectivity index (χ2v) is 11.1. The highest BCUT2D eigenvalue weighted by Crippen LogP contribution is 2.13. The van der Waals surface area contributed by atoms with Crippen LogP contribution in [0.1, 0.15) is 44.7 Å². The number of amidine groups is 1. The average Bonchev–Trinajstić information content (AvgIpc) is 2.89. The van der Waals surface area contributed by atoms with Crippen LogP contribution in [0, 0.1) is 11.3 Å². The molecule has 0 saturated carbocycles. The van der Waals surface area contributed by atoms with Crippen LogP contribution in [-0.2, 0) is 31.0 Å². The topological polar surface area (TPSA) is 238 Å². The minimum atomic E-state index is -5.08.